The van der Waals surface area contributed by atoms with Gasteiger partial charge in [0.25, 0.3) is 0 Å². The Morgan fingerprint density at radius 1 is 0.815 bits per heavy atom. The van der Waals surface area contributed by atoms with Gasteiger partial charge in [-0.3, -0.25) is 0 Å². The molecule has 0 bridgehead atoms. The number of nitrogens with zero attached hydrogens (tertiary/aromatic N) is 1. The molecule has 1 aromatic rings. The molecular formula is C25H39NO. The number of ether oxygens (including phenoxy) is 1. The molecule has 0 atom stereocenters. The topological polar surface area (TPSA) is 33.0 Å². The van der Waals surface area contributed by atoms with Crippen molar-refractivity contribution in [3.05, 3.63) is 35.4 Å². The zero-order valence-electron chi connectivity index (χ0n) is 17.4. The quantitative estimate of drug-likeness (QED) is 0.337. The molecule has 0 N–H and O–H groups in total. The van der Waals surface area contributed by atoms with Crippen LogP contribution in [0.1, 0.15) is 114 Å². The molecule has 0 aromatic heterocycles. The average molecular weight is 370 g/mol. The van der Waals surface area contributed by atoms with E-state index in [0.29, 0.717) is 12.0 Å². The number of benzene rings is 1. The molecule has 1 saturated carbocycles. The zero-order valence-corrected chi connectivity index (χ0v) is 17.4. The predicted octanol–water partition coefficient (Wildman–Crippen LogP) is 7.52. The van der Waals surface area contributed by atoms with E-state index in [9.17, 15) is 0 Å². The van der Waals surface area contributed by atoms with Crippen molar-refractivity contribution in [2.45, 2.75) is 109 Å². The Labute approximate surface area is 167 Å². The highest BCUT2D eigenvalue weighted by Gasteiger charge is 2.22. The van der Waals surface area contributed by atoms with Crippen LogP contribution in [0.25, 0.3) is 0 Å². The van der Waals surface area contributed by atoms with Crippen molar-refractivity contribution in [1.82, 2.24) is 0 Å². The average Bonchev–Trinajstić information content (AvgIpc) is 2.72. The minimum atomic E-state index is 0.471. The third-order valence-electron chi connectivity index (χ3n) is 6.04. The van der Waals surface area contributed by atoms with Crippen LogP contribution in [0.4, 0.5) is 0 Å². The maximum Gasteiger partial charge on any atom is 0.0991 e. The monoisotopic (exact) mass is 369 g/mol. The summed E-state index contributed by atoms with van der Waals surface area (Å²) in [6.45, 7) is 3.23. The molecule has 0 radical (unpaired) electrons. The van der Waals surface area contributed by atoms with Gasteiger partial charge in [-0.15, -0.1) is 0 Å². The Balaban J connectivity index is 1.45. The lowest BCUT2D eigenvalue weighted by molar-refractivity contribution is 0.0226. The molecule has 2 heteroatoms. The Morgan fingerprint density at radius 3 is 1.93 bits per heavy atom. The molecule has 2 rings (SSSR count). The molecule has 0 amide bonds. The number of rotatable bonds is 13. The summed E-state index contributed by atoms with van der Waals surface area (Å²) in [6, 6.07) is 10.4. The second-order valence-corrected chi connectivity index (χ2v) is 8.26. The van der Waals surface area contributed by atoms with Crippen LogP contribution in [0.15, 0.2) is 24.3 Å². The van der Waals surface area contributed by atoms with Crippen LogP contribution in [-0.2, 0) is 4.74 Å². The third-order valence-corrected chi connectivity index (χ3v) is 6.04. The van der Waals surface area contributed by atoms with E-state index in [-0.39, 0.29) is 0 Å². The van der Waals surface area contributed by atoms with Gasteiger partial charge in [-0.25, -0.2) is 0 Å². The highest BCUT2D eigenvalue weighted by atomic mass is 16.5. The van der Waals surface area contributed by atoms with Crippen molar-refractivity contribution < 1.29 is 4.74 Å². The lowest BCUT2D eigenvalue weighted by atomic mass is 9.82. The minimum Gasteiger partial charge on any atom is -0.378 e. The van der Waals surface area contributed by atoms with Crippen molar-refractivity contribution in [2.75, 3.05) is 6.61 Å². The fourth-order valence-corrected chi connectivity index (χ4v) is 4.23. The second-order valence-electron chi connectivity index (χ2n) is 8.26. The molecule has 0 aliphatic heterocycles. The Kier molecular flexibility index (Phi) is 11.2. The molecule has 0 unspecified atom stereocenters. The first-order chi connectivity index (χ1) is 13.3. The van der Waals surface area contributed by atoms with Crippen LogP contribution in [-0.4, -0.2) is 12.7 Å². The summed E-state index contributed by atoms with van der Waals surface area (Å²) >= 11 is 0. The molecular weight excluding hydrogens is 330 g/mol. The molecule has 150 valence electrons. The predicted molar refractivity (Wildman–Crippen MR) is 114 cm³/mol. The first-order valence-electron chi connectivity index (χ1n) is 11.4. The largest absolute Gasteiger partial charge is 0.378 e. The summed E-state index contributed by atoms with van der Waals surface area (Å²) in [5.74, 6) is 0.648. The van der Waals surface area contributed by atoms with Crippen LogP contribution in [0, 0.1) is 11.3 Å². The summed E-state index contributed by atoms with van der Waals surface area (Å²) in [7, 11) is 0. The zero-order chi connectivity index (χ0) is 19.2. The van der Waals surface area contributed by atoms with Crippen molar-refractivity contribution in [2.24, 2.45) is 0 Å². The smallest absolute Gasteiger partial charge is 0.0991 e. The van der Waals surface area contributed by atoms with Gasteiger partial charge in [0, 0.05) is 6.61 Å². The van der Waals surface area contributed by atoms with Crippen molar-refractivity contribution in [1.29, 1.82) is 5.26 Å². The number of hydrogen-bond acceptors (Lipinski definition) is 2. The van der Waals surface area contributed by atoms with E-state index in [0.717, 1.165) is 12.2 Å². The van der Waals surface area contributed by atoms with Crippen LogP contribution in [0.3, 0.4) is 0 Å². The summed E-state index contributed by atoms with van der Waals surface area (Å²) in [5.41, 5.74) is 2.15. The first-order valence-corrected chi connectivity index (χ1v) is 11.4. The van der Waals surface area contributed by atoms with Gasteiger partial charge in [0.05, 0.1) is 17.7 Å². The maximum atomic E-state index is 8.91. The van der Waals surface area contributed by atoms with Gasteiger partial charge in [-0.05, 0) is 55.7 Å². The van der Waals surface area contributed by atoms with Crippen LogP contribution >= 0.6 is 0 Å². The van der Waals surface area contributed by atoms with E-state index in [2.05, 4.69) is 25.1 Å². The van der Waals surface area contributed by atoms with Gasteiger partial charge < -0.3 is 4.74 Å². The second kappa shape index (κ2) is 13.8. The summed E-state index contributed by atoms with van der Waals surface area (Å²) in [4.78, 5) is 0. The molecule has 0 spiro atoms. The van der Waals surface area contributed by atoms with Gasteiger partial charge in [0.1, 0.15) is 0 Å². The van der Waals surface area contributed by atoms with Crippen LogP contribution in [0.5, 0.6) is 0 Å². The van der Waals surface area contributed by atoms with Gasteiger partial charge in [-0.2, -0.15) is 5.26 Å². The van der Waals surface area contributed by atoms with Gasteiger partial charge >= 0.3 is 0 Å². The summed E-state index contributed by atoms with van der Waals surface area (Å²) in [5, 5.41) is 8.91. The third kappa shape index (κ3) is 8.93. The summed E-state index contributed by atoms with van der Waals surface area (Å²) in [6.07, 6.45) is 19.1. The first kappa shape index (κ1) is 22.0. The van der Waals surface area contributed by atoms with Crippen molar-refractivity contribution in [3.63, 3.8) is 0 Å². The Morgan fingerprint density at radius 2 is 1.37 bits per heavy atom. The highest BCUT2D eigenvalue weighted by molar-refractivity contribution is 5.33. The summed E-state index contributed by atoms with van der Waals surface area (Å²) < 4.78 is 6.13. The number of unbranched alkanes of at least 4 members (excludes halogenated alkanes) is 9. The standard InChI is InChI=1S/C25H39NO/c1-2-3-4-5-6-7-8-9-10-11-20-27-25-18-16-24(17-19-25)23-14-12-22(21-26)13-15-23/h12-15,24-25H,2-11,16-20H2,1H3. The SMILES string of the molecule is CCCCCCCCCCCCOC1CCC(c2ccc(C#N)cc2)CC1. The molecule has 27 heavy (non-hydrogen) atoms. The van der Waals surface area contributed by atoms with E-state index >= 15 is 0 Å². The molecule has 0 saturated heterocycles. The number of nitriles is 1. The Bertz CT molecular complexity index is 522. The van der Waals surface area contributed by atoms with Crippen LogP contribution < -0.4 is 0 Å². The fourth-order valence-electron chi connectivity index (χ4n) is 4.23. The van der Waals surface area contributed by atoms with E-state index < -0.39 is 0 Å². The maximum absolute atomic E-state index is 8.91. The lowest BCUT2D eigenvalue weighted by Gasteiger charge is -2.29. The lowest BCUT2D eigenvalue weighted by Crippen LogP contribution is -2.21. The van der Waals surface area contributed by atoms with E-state index in [1.165, 1.54) is 95.5 Å². The fraction of sp³-hybridized carbons (Fsp3) is 0.720. The molecule has 1 aliphatic carbocycles. The molecule has 1 aromatic carbocycles. The van der Waals surface area contributed by atoms with Gasteiger partial charge in [0.15, 0.2) is 0 Å². The minimum absolute atomic E-state index is 0.471. The molecule has 1 fully saturated rings. The molecule has 2 nitrogen and oxygen atoms in total. The highest BCUT2D eigenvalue weighted by Crippen LogP contribution is 2.34. The van der Waals surface area contributed by atoms with Gasteiger partial charge in [0.2, 0.25) is 0 Å². The van der Waals surface area contributed by atoms with Gasteiger partial charge in [-0.1, -0.05) is 76.8 Å². The van der Waals surface area contributed by atoms with E-state index in [1.807, 2.05) is 12.1 Å². The van der Waals surface area contributed by atoms with E-state index in [1.54, 1.807) is 0 Å². The van der Waals surface area contributed by atoms with Crippen molar-refractivity contribution in [3.8, 4) is 6.07 Å². The van der Waals surface area contributed by atoms with Crippen LogP contribution in [0.2, 0.25) is 0 Å². The molecule has 0 heterocycles. The molecule has 1 aliphatic rings. The Hall–Kier alpha value is -1.33. The van der Waals surface area contributed by atoms with E-state index in [4.69, 9.17) is 10.00 Å². The van der Waals surface area contributed by atoms with Crippen molar-refractivity contribution >= 4 is 0 Å². The number of hydrogen-bond donors (Lipinski definition) is 0. The normalized spacial score (nSPS) is 19.7.